The number of hydrogen-bond donors (Lipinski definition) is 1. The minimum atomic E-state index is -0.486. The Morgan fingerprint density at radius 3 is 2.12 bits per heavy atom. The summed E-state index contributed by atoms with van der Waals surface area (Å²) in [5, 5.41) is 14.2. The van der Waals surface area contributed by atoms with Crippen LogP contribution in [0.3, 0.4) is 0 Å². The lowest BCUT2D eigenvalue weighted by molar-refractivity contribution is -0.116. The van der Waals surface area contributed by atoms with Gasteiger partial charge in [0.25, 0.3) is 5.95 Å². The van der Waals surface area contributed by atoms with Crippen molar-refractivity contribution < 1.29 is 9.53 Å². The van der Waals surface area contributed by atoms with Gasteiger partial charge in [-0.2, -0.15) is 4.80 Å². The van der Waals surface area contributed by atoms with Crippen molar-refractivity contribution in [2.24, 2.45) is 7.05 Å². The van der Waals surface area contributed by atoms with Gasteiger partial charge in [0, 0.05) is 11.1 Å². The van der Waals surface area contributed by atoms with Crippen molar-refractivity contribution >= 4 is 11.9 Å². The highest BCUT2D eigenvalue weighted by molar-refractivity contribution is 5.98. The predicted octanol–water partition coefficient (Wildman–Crippen LogP) is 3.11. The quantitative estimate of drug-likeness (QED) is 0.777. The average molecular weight is 337 g/mol. The van der Waals surface area contributed by atoms with E-state index in [9.17, 15) is 4.79 Å². The molecule has 0 spiro atoms. The van der Waals surface area contributed by atoms with Gasteiger partial charge in [-0.1, -0.05) is 55.3 Å². The van der Waals surface area contributed by atoms with Crippen LogP contribution in [0.5, 0.6) is 11.5 Å². The Hall–Kier alpha value is -3.22. The van der Waals surface area contributed by atoms with Gasteiger partial charge in [0.2, 0.25) is 5.91 Å². The molecule has 7 heteroatoms. The third kappa shape index (κ3) is 3.21. The van der Waals surface area contributed by atoms with E-state index in [1.807, 2.05) is 62.4 Å². The van der Waals surface area contributed by atoms with Crippen LogP contribution in [-0.2, 0) is 11.8 Å². The molecule has 7 nitrogen and oxygen atoms in total. The Balaban J connectivity index is 0.000000880. The molecule has 25 heavy (non-hydrogen) atoms. The van der Waals surface area contributed by atoms with Crippen LogP contribution in [-0.4, -0.2) is 26.1 Å². The number of aryl methyl sites for hydroxylation is 1. The Morgan fingerprint density at radius 1 is 1.04 bits per heavy atom. The number of amides is 1. The van der Waals surface area contributed by atoms with Crippen molar-refractivity contribution in [3.8, 4) is 11.5 Å². The number of carbonyl (C=O) groups excluding carboxylic acids is 1. The van der Waals surface area contributed by atoms with Crippen molar-refractivity contribution in [2.75, 3.05) is 5.32 Å². The van der Waals surface area contributed by atoms with Crippen molar-refractivity contribution in [2.45, 2.75) is 19.8 Å². The van der Waals surface area contributed by atoms with Gasteiger partial charge in [-0.25, -0.2) is 0 Å². The molecule has 1 amide bonds. The molecular weight excluding hydrogens is 318 g/mol. The number of tetrazole rings is 1. The van der Waals surface area contributed by atoms with Crippen molar-refractivity contribution in [1.82, 2.24) is 20.2 Å². The molecule has 3 aromatic rings. The van der Waals surface area contributed by atoms with E-state index in [1.165, 1.54) is 4.80 Å². The van der Waals surface area contributed by atoms with Gasteiger partial charge in [0.05, 0.1) is 13.0 Å². The summed E-state index contributed by atoms with van der Waals surface area (Å²) in [6.07, 6.45) is 0. The fraction of sp³-hybridized carbons (Fsp3) is 0.222. The molecule has 2 heterocycles. The molecule has 0 aliphatic carbocycles. The zero-order chi connectivity index (χ0) is 17.8. The second-order valence-electron chi connectivity index (χ2n) is 5.20. The number of nitrogens with one attached hydrogen (secondary N) is 1. The van der Waals surface area contributed by atoms with Crippen LogP contribution in [0.4, 0.5) is 5.95 Å². The van der Waals surface area contributed by atoms with E-state index < -0.39 is 5.92 Å². The number of hydrogen-bond acceptors (Lipinski definition) is 5. The first kappa shape index (κ1) is 16.6. The largest absolute Gasteiger partial charge is 0.457 e. The summed E-state index contributed by atoms with van der Waals surface area (Å²) < 4.78 is 5.88. The highest BCUT2D eigenvalue weighted by atomic mass is 16.5. The van der Waals surface area contributed by atoms with E-state index >= 15 is 0 Å². The molecule has 0 radical (unpaired) electrons. The summed E-state index contributed by atoms with van der Waals surface area (Å²) in [6.45, 7) is 4.00. The number of anilines is 1. The molecule has 128 valence electrons. The van der Waals surface area contributed by atoms with Crippen molar-refractivity contribution in [3.05, 3.63) is 59.7 Å². The van der Waals surface area contributed by atoms with Crippen LogP contribution >= 0.6 is 0 Å². The molecule has 2 aromatic carbocycles. The van der Waals surface area contributed by atoms with Crippen LogP contribution in [0.15, 0.2) is 48.5 Å². The fourth-order valence-corrected chi connectivity index (χ4v) is 2.71. The standard InChI is InChI=1S/C16H13N5O2.C2H6/c1-21-19-16(18-20-21)17-15(22)14-10-6-2-4-8-12(10)23-13-9-5-3-7-11(13)14;1-2/h2-9,14H,1H3,(H,17,19,22);1-2H3. The molecule has 0 saturated carbocycles. The Labute approximate surface area is 145 Å². The third-order valence-electron chi connectivity index (χ3n) is 3.69. The lowest BCUT2D eigenvalue weighted by Gasteiger charge is -2.26. The molecule has 1 aliphatic heterocycles. The van der Waals surface area contributed by atoms with Gasteiger partial charge < -0.3 is 4.74 Å². The number of rotatable bonds is 2. The number of nitrogens with zero attached hydrogens (tertiary/aromatic N) is 4. The third-order valence-corrected chi connectivity index (χ3v) is 3.69. The molecule has 4 rings (SSSR count). The van der Waals surface area contributed by atoms with Crippen LogP contribution < -0.4 is 10.1 Å². The van der Waals surface area contributed by atoms with Gasteiger partial charge in [0.1, 0.15) is 11.5 Å². The van der Waals surface area contributed by atoms with Crippen molar-refractivity contribution in [1.29, 1.82) is 0 Å². The van der Waals surface area contributed by atoms with E-state index in [0.29, 0.717) is 11.5 Å². The number of para-hydroxylation sites is 2. The first-order valence-electron chi connectivity index (χ1n) is 8.13. The molecule has 1 aromatic heterocycles. The molecular formula is C18H19N5O2. The van der Waals surface area contributed by atoms with E-state index in [2.05, 4.69) is 20.7 Å². The number of ether oxygens (including phenoxy) is 1. The Bertz CT molecular complexity index is 845. The maximum atomic E-state index is 12.8. The number of aromatic nitrogens is 4. The smallest absolute Gasteiger partial charge is 0.270 e. The molecule has 0 atom stereocenters. The molecule has 0 unspecified atom stereocenters. The summed E-state index contributed by atoms with van der Waals surface area (Å²) in [6, 6.07) is 15.0. The molecule has 0 saturated heterocycles. The minimum absolute atomic E-state index is 0.180. The predicted molar refractivity (Wildman–Crippen MR) is 93.6 cm³/mol. The minimum Gasteiger partial charge on any atom is -0.457 e. The zero-order valence-corrected chi connectivity index (χ0v) is 14.3. The van der Waals surface area contributed by atoms with Gasteiger partial charge in [-0.15, -0.1) is 5.10 Å². The molecule has 0 bridgehead atoms. The van der Waals surface area contributed by atoms with Gasteiger partial charge in [-0.05, 0) is 17.3 Å². The van der Waals surface area contributed by atoms with Gasteiger partial charge in [0.15, 0.2) is 0 Å². The first-order valence-corrected chi connectivity index (χ1v) is 8.13. The summed E-state index contributed by atoms with van der Waals surface area (Å²) in [5.41, 5.74) is 1.63. The number of fused-ring (bicyclic) bond motifs is 2. The van der Waals surface area contributed by atoms with E-state index in [0.717, 1.165) is 11.1 Å². The van der Waals surface area contributed by atoms with E-state index in [-0.39, 0.29) is 11.9 Å². The monoisotopic (exact) mass is 337 g/mol. The second kappa shape index (κ2) is 7.12. The van der Waals surface area contributed by atoms with Crippen LogP contribution in [0, 0.1) is 0 Å². The normalized spacial score (nSPS) is 12.1. The summed E-state index contributed by atoms with van der Waals surface area (Å²) >= 11 is 0. The molecule has 1 N–H and O–H groups in total. The first-order chi connectivity index (χ1) is 12.2. The van der Waals surface area contributed by atoms with E-state index in [4.69, 9.17) is 4.74 Å². The Kier molecular flexibility index (Phi) is 4.74. The van der Waals surface area contributed by atoms with E-state index in [1.54, 1.807) is 7.05 Å². The molecule has 0 fully saturated rings. The maximum Gasteiger partial charge on any atom is 0.270 e. The molecule has 1 aliphatic rings. The summed E-state index contributed by atoms with van der Waals surface area (Å²) in [7, 11) is 1.64. The van der Waals surface area contributed by atoms with Gasteiger partial charge in [-0.3, -0.25) is 10.1 Å². The highest BCUT2D eigenvalue weighted by Gasteiger charge is 2.32. The SMILES string of the molecule is CC.Cn1nnc(NC(=O)C2c3ccccc3Oc3ccccc32)n1. The van der Waals surface area contributed by atoms with Crippen LogP contribution in [0.25, 0.3) is 0 Å². The number of carbonyl (C=O) groups is 1. The Morgan fingerprint density at radius 2 is 1.60 bits per heavy atom. The summed E-state index contributed by atoms with van der Waals surface area (Å²) in [4.78, 5) is 14.1. The second-order valence-corrected chi connectivity index (χ2v) is 5.20. The topological polar surface area (TPSA) is 81.9 Å². The highest BCUT2D eigenvalue weighted by Crippen LogP contribution is 2.44. The van der Waals surface area contributed by atoms with Crippen LogP contribution in [0.1, 0.15) is 30.9 Å². The van der Waals surface area contributed by atoms with Crippen molar-refractivity contribution in [3.63, 3.8) is 0 Å². The fourth-order valence-electron chi connectivity index (χ4n) is 2.71. The van der Waals surface area contributed by atoms with Crippen LogP contribution in [0.2, 0.25) is 0 Å². The van der Waals surface area contributed by atoms with Gasteiger partial charge >= 0.3 is 0 Å². The maximum absolute atomic E-state index is 12.8. The average Bonchev–Trinajstić information content (AvgIpc) is 3.05. The summed E-state index contributed by atoms with van der Waals surface area (Å²) in [5.74, 6) is 0.831. The lowest BCUT2D eigenvalue weighted by Crippen LogP contribution is -2.25. The lowest BCUT2D eigenvalue weighted by atomic mass is 9.87. The zero-order valence-electron chi connectivity index (χ0n) is 14.3. The number of benzene rings is 2.